The summed E-state index contributed by atoms with van der Waals surface area (Å²) in [5, 5.41) is 8.57. The van der Waals surface area contributed by atoms with E-state index < -0.39 is 0 Å². The third kappa shape index (κ3) is 1.90. The van der Waals surface area contributed by atoms with Crippen molar-refractivity contribution in [3.8, 4) is 0 Å². The second kappa shape index (κ2) is 4.49. The molecule has 0 saturated carbocycles. The summed E-state index contributed by atoms with van der Waals surface area (Å²) in [6.45, 7) is 2.05. The highest BCUT2D eigenvalue weighted by atomic mass is 32.2. The van der Waals surface area contributed by atoms with E-state index in [0.717, 1.165) is 16.8 Å². The Bertz CT molecular complexity index is 588. The average Bonchev–Trinajstić information content (AvgIpc) is 2.81. The largest absolute Gasteiger partial charge is 0.329 e. The second-order valence-electron chi connectivity index (χ2n) is 4.20. The Labute approximate surface area is 110 Å². The molecule has 0 fully saturated rings. The lowest BCUT2D eigenvalue weighted by Gasteiger charge is -2.22. The summed E-state index contributed by atoms with van der Waals surface area (Å²) >= 11 is 1.55. The normalized spacial score (nSPS) is 17.9. The van der Waals surface area contributed by atoms with Gasteiger partial charge in [0.1, 0.15) is 6.04 Å². The van der Waals surface area contributed by atoms with Crippen LogP contribution >= 0.6 is 11.8 Å². The van der Waals surface area contributed by atoms with Gasteiger partial charge in [-0.1, -0.05) is 42.1 Å². The van der Waals surface area contributed by atoms with Crippen molar-refractivity contribution in [2.75, 3.05) is 11.6 Å². The van der Waals surface area contributed by atoms with E-state index in [1.807, 2.05) is 36.1 Å². The van der Waals surface area contributed by atoms with Gasteiger partial charge in [-0.25, -0.2) is 4.68 Å². The highest BCUT2D eigenvalue weighted by Crippen LogP contribution is 2.29. The first-order valence-corrected chi connectivity index (χ1v) is 7.01. The molecule has 5 heteroatoms. The second-order valence-corrected chi connectivity index (χ2v) is 4.97. The molecule has 0 radical (unpaired) electrons. The van der Waals surface area contributed by atoms with E-state index in [1.54, 1.807) is 11.8 Å². The molecule has 0 unspecified atom stereocenters. The van der Waals surface area contributed by atoms with Gasteiger partial charge in [-0.3, -0.25) is 0 Å². The van der Waals surface area contributed by atoms with Crippen molar-refractivity contribution < 1.29 is 0 Å². The van der Waals surface area contributed by atoms with Crippen LogP contribution in [0, 0.1) is 0 Å². The maximum Gasteiger partial charge on any atom is 0.227 e. The molecule has 0 spiro atoms. The molecule has 92 valence electrons. The van der Waals surface area contributed by atoms with Crippen molar-refractivity contribution in [3.63, 3.8) is 0 Å². The van der Waals surface area contributed by atoms with E-state index in [-0.39, 0.29) is 6.04 Å². The number of thioether (sulfide) groups is 1. The van der Waals surface area contributed by atoms with Crippen molar-refractivity contribution in [1.29, 1.82) is 0 Å². The Kier molecular flexibility index (Phi) is 2.83. The maximum absolute atomic E-state index is 4.52. The van der Waals surface area contributed by atoms with Crippen molar-refractivity contribution >= 4 is 17.7 Å². The van der Waals surface area contributed by atoms with Crippen molar-refractivity contribution in [2.45, 2.75) is 18.1 Å². The van der Waals surface area contributed by atoms with Gasteiger partial charge in [0.15, 0.2) is 0 Å². The van der Waals surface area contributed by atoms with Gasteiger partial charge < -0.3 is 5.32 Å². The van der Waals surface area contributed by atoms with Crippen molar-refractivity contribution in [1.82, 2.24) is 14.8 Å². The lowest BCUT2D eigenvalue weighted by molar-refractivity contribution is 0.591. The zero-order chi connectivity index (χ0) is 12.5. The van der Waals surface area contributed by atoms with Gasteiger partial charge in [0.25, 0.3) is 0 Å². The number of hydrogen-bond acceptors (Lipinski definition) is 4. The molecule has 1 aliphatic rings. The predicted molar refractivity (Wildman–Crippen MR) is 73.8 cm³/mol. The van der Waals surface area contributed by atoms with E-state index in [1.165, 1.54) is 5.56 Å². The predicted octanol–water partition coefficient (Wildman–Crippen LogP) is 2.92. The standard InChI is InChI=1S/C13H14N4S/c1-9-8-11(10-6-4-3-5-7-10)17-12(14-9)15-13(16-17)18-2/h3-8,11H,1-2H3,(H,14,15,16)/t11-/m1/s1. The van der Waals surface area contributed by atoms with Crippen molar-refractivity contribution in [3.05, 3.63) is 47.7 Å². The van der Waals surface area contributed by atoms with Crippen LogP contribution < -0.4 is 5.32 Å². The Hall–Kier alpha value is -1.75. The van der Waals surface area contributed by atoms with E-state index in [4.69, 9.17) is 0 Å². The summed E-state index contributed by atoms with van der Waals surface area (Å²) in [6.07, 6.45) is 4.15. The Morgan fingerprint density at radius 2 is 2.06 bits per heavy atom. The van der Waals surface area contributed by atoms with Crippen LogP contribution in [0.15, 0.2) is 47.3 Å². The van der Waals surface area contributed by atoms with E-state index >= 15 is 0 Å². The average molecular weight is 258 g/mol. The Balaban J connectivity index is 2.09. The molecule has 1 aromatic carbocycles. The lowest BCUT2D eigenvalue weighted by atomic mass is 10.1. The molecule has 1 aromatic heterocycles. The fraction of sp³-hybridized carbons (Fsp3) is 0.231. The minimum absolute atomic E-state index is 0.121. The molecule has 0 aliphatic carbocycles. The zero-order valence-electron chi connectivity index (χ0n) is 10.3. The third-order valence-corrected chi connectivity index (χ3v) is 3.45. The molecule has 2 aromatic rings. The third-order valence-electron chi connectivity index (χ3n) is 2.92. The topological polar surface area (TPSA) is 42.7 Å². The minimum atomic E-state index is 0.121. The highest BCUT2D eigenvalue weighted by molar-refractivity contribution is 7.98. The summed E-state index contributed by atoms with van der Waals surface area (Å²) in [6, 6.07) is 10.5. The van der Waals surface area contributed by atoms with Gasteiger partial charge in [-0.2, -0.15) is 4.98 Å². The summed E-state index contributed by atoms with van der Waals surface area (Å²) in [5.41, 5.74) is 2.33. The molecule has 0 saturated heterocycles. The molecular formula is C13H14N4S. The van der Waals surface area contributed by atoms with Gasteiger partial charge in [0, 0.05) is 5.70 Å². The van der Waals surface area contributed by atoms with Crippen LogP contribution in [-0.2, 0) is 0 Å². The first kappa shape index (κ1) is 11.3. The van der Waals surface area contributed by atoms with E-state index in [2.05, 4.69) is 33.6 Å². The fourth-order valence-corrected chi connectivity index (χ4v) is 2.43. The SMILES string of the molecule is CSc1nc2n(n1)[C@@H](c1ccccc1)C=C(C)N2. The number of rotatable bonds is 2. The molecule has 0 bridgehead atoms. The van der Waals surface area contributed by atoms with Crippen LogP contribution in [0.5, 0.6) is 0 Å². The summed E-state index contributed by atoms with van der Waals surface area (Å²) in [5.74, 6) is 0.813. The van der Waals surface area contributed by atoms with Gasteiger partial charge in [-0.05, 0) is 24.8 Å². The summed E-state index contributed by atoms with van der Waals surface area (Å²) < 4.78 is 1.94. The highest BCUT2D eigenvalue weighted by Gasteiger charge is 2.22. The fourth-order valence-electron chi connectivity index (χ4n) is 2.08. The van der Waals surface area contributed by atoms with Crippen LogP contribution in [0.3, 0.4) is 0 Å². The molecule has 0 amide bonds. The minimum Gasteiger partial charge on any atom is -0.329 e. The van der Waals surface area contributed by atoms with Crippen LogP contribution in [0.2, 0.25) is 0 Å². The molecule has 1 atom stereocenters. The smallest absolute Gasteiger partial charge is 0.227 e. The summed E-state index contributed by atoms with van der Waals surface area (Å²) in [4.78, 5) is 4.46. The Morgan fingerprint density at radius 1 is 1.28 bits per heavy atom. The summed E-state index contributed by atoms with van der Waals surface area (Å²) in [7, 11) is 0. The number of nitrogens with one attached hydrogen (secondary N) is 1. The van der Waals surface area contributed by atoms with Crippen LogP contribution in [-0.4, -0.2) is 21.0 Å². The molecular weight excluding hydrogens is 244 g/mol. The van der Waals surface area contributed by atoms with Gasteiger partial charge in [0.05, 0.1) is 0 Å². The van der Waals surface area contributed by atoms with Gasteiger partial charge >= 0.3 is 0 Å². The number of fused-ring (bicyclic) bond motifs is 1. The van der Waals surface area contributed by atoms with E-state index in [9.17, 15) is 0 Å². The number of aromatic nitrogens is 3. The number of allylic oxidation sites excluding steroid dienone is 2. The molecule has 1 N–H and O–H groups in total. The monoisotopic (exact) mass is 258 g/mol. The maximum atomic E-state index is 4.52. The molecule has 3 rings (SSSR count). The number of nitrogens with zero attached hydrogens (tertiary/aromatic N) is 3. The number of anilines is 1. The number of benzene rings is 1. The zero-order valence-corrected chi connectivity index (χ0v) is 11.1. The lowest BCUT2D eigenvalue weighted by Crippen LogP contribution is -2.19. The first-order valence-electron chi connectivity index (χ1n) is 5.79. The van der Waals surface area contributed by atoms with Crippen LogP contribution in [0.4, 0.5) is 5.95 Å². The quantitative estimate of drug-likeness (QED) is 0.841. The van der Waals surface area contributed by atoms with Crippen LogP contribution in [0.1, 0.15) is 18.5 Å². The first-order chi connectivity index (χ1) is 8.78. The van der Waals surface area contributed by atoms with Gasteiger partial charge in [-0.15, -0.1) is 5.10 Å². The van der Waals surface area contributed by atoms with Gasteiger partial charge in [0.2, 0.25) is 11.1 Å². The number of hydrogen-bond donors (Lipinski definition) is 1. The molecule has 2 heterocycles. The Morgan fingerprint density at radius 3 is 2.78 bits per heavy atom. The molecule has 4 nitrogen and oxygen atoms in total. The van der Waals surface area contributed by atoms with Crippen LogP contribution in [0.25, 0.3) is 0 Å². The van der Waals surface area contributed by atoms with Crippen molar-refractivity contribution in [2.24, 2.45) is 0 Å². The molecule has 1 aliphatic heterocycles. The molecule has 18 heavy (non-hydrogen) atoms. The van der Waals surface area contributed by atoms with E-state index in [0.29, 0.717) is 0 Å².